The number of nitrogens with zero attached hydrogens (tertiary/aromatic N) is 2. The van der Waals surface area contributed by atoms with E-state index in [1.54, 1.807) is 9.95 Å². The molecule has 0 aliphatic heterocycles. The SMILES string of the molecule is CNC(=O)c1csc2c1c(=O)n(C)c(=O)n2CC(C)C. The number of fused-ring (bicyclic) bond motifs is 1. The van der Waals surface area contributed by atoms with Crippen molar-refractivity contribution in [3.63, 3.8) is 0 Å². The summed E-state index contributed by atoms with van der Waals surface area (Å²) in [5.41, 5.74) is -0.447. The molecule has 0 atom stereocenters. The molecule has 0 spiro atoms. The first-order valence-electron chi connectivity index (χ1n) is 6.31. The molecule has 2 heterocycles. The van der Waals surface area contributed by atoms with Crippen molar-refractivity contribution in [3.05, 3.63) is 31.8 Å². The van der Waals surface area contributed by atoms with Crippen LogP contribution >= 0.6 is 11.3 Å². The van der Waals surface area contributed by atoms with Crippen LogP contribution in [0.2, 0.25) is 0 Å². The van der Waals surface area contributed by atoms with Crippen molar-refractivity contribution in [3.8, 4) is 0 Å². The van der Waals surface area contributed by atoms with E-state index in [9.17, 15) is 14.4 Å². The van der Waals surface area contributed by atoms with Crippen molar-refractivity contribution in [2.24, 2.45) is 13.0 Å². The van der Waals surface area contributed by atoms with E-state index in [1.165, 1.54) is 25.4 Å². The fourth-order valence-corrected chi connectivity index (χ4v) is 3.15. The Hall–Kier alpha value is -1.89. The predicted molar refractivity (Wildman–Crippen MR) is 79.6 cm³/mol. The van der Waals surface area contributed by atoms with Gasteiger partial charge in [-0.25, -0.2) is 4.79 Å². The van der Waals surface area contributed by atoms with E-state index >= 15 is 0 Å². The normalized spacial score (nSPS) is 11.2. The van der Waals surface area contributed by atoms with Gasteiger partial charge in [-0.15, -0.1) is 11.3 Å². The van der Waals surface area contributed by atoms with Crippen LogP contribution in [-0.4, -0.2) is 22.1 Å². The Morgan fingerprint density at radius 3 is 2.60 bits per heavy atom. The molecule has 2 aromatic rings. The third kappa shape index (κ3) is 2.18. The first-order chi connectivity index (χ1) is 9.38. The molecule has 2 rings (SSSR count). The lowest BCUT2D eigenvalue weighted by Crippen LogP contribution is -2.39. The van der Waals surface area contributed by atoms with E-state index in [-0.39, 0.29) is 17.5 Å². The smallest absolute Gasteiger partial charge is 0.331 e. The molecule has 108 valence electrons. The van der Waals surface area contributed by atoms with Crippen LogP contribution in [0.4, 0.5) is 0 Å². The molecule has 0 radical (unpaired) electrons. The van der Waals surface area contributed by atoms with Gasteiger partial charge >= 0.3 is 5.69 Å². The van der Waals surface area contributed by atoms with Crippen molar-refractivity contribution in [1.29, 1.82) is 0 Å². The predicted octanol–water partition coefficient (Wildman–Crippen LogP) is 0.777. The van der Waals surface area contributed by atoms with Crippen LogP contribution in [0.3, 0.4) is 0 Å². The molecule has 1 N–H and O–H groups in total. The maximum atomic E-state index is 12.3. The van der Waals surface area contributed by atoms with E-state index in [2.05, 4.69) is 5.32 Å². The Kier molecular flexibility index (Phi) is 3.80. The average Bonchev–Trinajstić information content (AvgIpc) is 2.84. The van der Waals surface area contributed by atoms with E-state index in [0.717, 1.165) is 4.57 Å². The first kappa shape index (κ1) is 14.5. The lowest BCUT2D eigenvalue weighted by Gasteiger charge is -2.11. The zero-order valence-corrected chi connectivity index (χ0v) is 12.7. The van der Waals surface area contributed by atoms with Crippen molar-refractivity contribution in [2.45, 2.75) is 20.4 Å². The largest absolute Gasteiger partial charge is 0.355 e. The van der Waals surface area contributed by atoms with Crippen molar-refractivity contribution in [2.75, 3.05) is 7.05 Å². The highest BCUT2D eigenvalue weighted by Gasteiger charge is 2.20. The Morgan fingerprint density at radius 2 is 2.05 bits per heavy atom. The highest BCUT2D eigenvalue weighted by molar-refractivity contribution is 7.17. The summed E-state index contributed by atoms with van der Waals surface area (Å²) >= 11 is 1.25. The van der Waals surface area contributed by atoms with Gasteiger partial charge in [-0.3, -0.25) is 18.7 Å². The van der Waals surface area contributed by atoms with Gasteiger partial charge in [-0.1, -0.05) is 13.8 Å². The van der Waals surface area contributed by atoms with Crippen LogP contribution in [0.25, 0.3) is 10.2 Å². The summed E-state index contributed by atoms with van der Waals surface area (Å²) in [6.45, 7) is 4.50. The van der Waals surface area contributed by atoms with Crippen LogP contribution in [0.15, 0.2) is 15.0 Å². The molecule has 0 unspecified atom stereocenters. The lowest BCUT2D eigenvalue weighted by molar-refractivity contribution is 0.0965. The molecule has 0 fully saturated rings. The standard InChI is InChI=1S/C13H17N3O3S/c1-7(2)5-16-12-9(11(18)15(4)13(16)19)8(6-20-12)10(17)14-3/h6-7H,5H2,1-4H3,(H,14,17). The summed E-state index contributed by atoms with van der Waals surface area (Å²) in [4.78, 5) is 36.9. The molecular weight excluding hydrogens is 278 g/mol. The van der Waals surface area contributed by atoms with Gasteiger partial charge in [0, 0.05) is 26.0 Å². The van der Waals surface area contributed by atoms with Crippen LogP contribution in [0.5, 0.6) is 0 Å². The molecule has 0 saturated carbocycles. The minimum Gasteiger partial charge on any atom is -0.355 e. The van der Waals surface area contributed by atoms with Crippen LogP contribution in [0.1, 0.15) is 24.2 Å². The maximum absolute atomic E-state index is 12.3. The number of hydrogen-bond donors (Lipinski definition) is 1. The molecule has 2 aromatic heterocycles. The second-order valence-corrected chi connectivity index (χ2v) is 5.92. The second-order valence-electron chi connectivity index (χ2n) is 5.06. The Labute approximate surface area is 119 Å². The third-order valence-corrected chi connectivity index (χ3v) is 4.07. The molecule has 0 aliphatic carbocycles. The third-order valence-electron chi connectivity index (χ3n) is 3.07. The number of carbonyl (C=O) groups excluding carboxylic acids is 1. The number of carbonyl (C=O) groups is 1. The quantitative estimate of drug-likeness (QED) is 0.909. The minimum atomic E-state index is -0.426. The number of rotatable bonds is 3. The molecule has 20 heavy (non-hydrogen) atoms. The average molecular weight is 295 g/mol. The lowest BCUT2D eigenvalue weighted by atomic mass is 10.2. The van der Waals surface area contributed by atoms with Gasteiger partial charge in [0.2, 0.25) is 0 Å². The molecular formula is C13H17N3O3S. The Bertz CT molecular complexity index is 782. The van der Waals surface area contributed by atoms with E-state index in [0.29, 0.717) is 22.3 Å². The van der Waals surface area contributed by atoms with Crippen LogP contribution < -0.4 is 16.6 Å². The number of aromatic nitrogens is 2. The summed E-state index contributed by atoms with van der Waals surface area (Å²) in [5, 5.41) is 4.46. The Morgan fingerprint density at radius 1 is 1.40 bits per heavy atom. The summed E-state index contributed by atoms with van der Waals surface area (Å²) in [6, 6.07) is 0. The van der Waals surface area contributed by atoms with Crippen molar-refractivity contribution >= 4 is 27.5 Å². The first-order valence-corrected chi connectivity index (χ1v) is 7.19. The Balaban J connectivity index is 2.89. The van der Waals surface area contributed by atoms with Gasteiger partial charge < -0.3 is 5.32 Å². The van der Waals surface area contributed by atoms with E-state index < -0.39 is 5.56 Å². The van der Waals surface area contributed by atoms with Gasteiger partial charge in [0.05, 0.1) is 10.9 Å². The summed E-state index contributed by atoms with van der Waals surface area (Å²) in [5.74, 6) is -0.0537. The van der Waals surface area contributed by atoms with Gasteiger partial charge in [0.15, 0.2) is 0 Å². The number of nitrogens with one attached hydrogen (secondary N) is 1. The minimum absolute atomic E-state index is 0.263. The summed E-state index contributed by atoms with van der Waals surface area (Å²) in [7, 11) is 2.95. The molecule has 1 amide bonds. The van der Waals surface area contributed by atoms with Gasteiger partial charge in [-0.2, -0.15) is 0 Å². The molecule has 0 saturated heterocycles. The maximum Gasteiger partial charge on any atom is 0.331 e. The number of thiophene rings is 1. The van der Waals surface area contributed by atoms with Gasteiger partial charge in [0.25, 0.3) is 11.5 Å². The molecule has 6 nitrogen and oxygen atoms in total. The fraction of sp³-hybridized carbons (Fsp3) is 0.462. The van der Waals surface area contributed by atoms with Crippen LogP contribution in [-0.2, 0) is 13.6 Å². The zero-order valence-electron chi connectivity index (χ0n) is 11.9. The molecule has 0 bridgehead atoms. The number of amides is 1. The number of hydrogen-bond acceptors (Lipinski definition) is 4. The van der Waals surface area contributed by atoms with Gasteiger partial charge in [-0.05, 0) is 5.92 Å². The molecule has 7 heteroatoms. The van der Waals surface area contributed by atoms with Crippen LogP contribution in [0, 0.1) is 5.92 Å². The van der Waals surface area contributed by atoms with Crippen molar-refractivity contribution < 1.29 is 4.79 Å². The van der Waals surface area contributed by atoms with E-state index in [1.807, 2.05) is 13.8 Å². The van der Waals surface area contributed by atoms with E-state index in [4.69, 9.17) is 0 Å². The fourth-order valence-electron chi connectivity index (χ4n) is 2.10. The monoisotopic (exact) mass is 295 g/mol. The van der Waals surface area contributed by atoms with Gasteiger partial charge in [0.1, 0.15) is 4.83 Å². The summed E-state index contributed by atoms with van der Waals surface area (Å²) < 4.78 is 2.63. The second kappa shape index (κ2) is 5.24. The molecule has 0 aliphatic rings. The molecule has 0 aromatic carbocycles. The zero-order chi connectivity index (χ0) is 15.0. The van der Waals surface area contributed by atoms with Crippen molar-refractivity contribution in [1.82, 2.24) is 14.5 Å². The summed E-state index contributed by atoms with van der Waals surface area (Å²) in [6.07, 6.45) is 0. The highest BCUT2D eigenvalue weighted by Crippen LogP contribution is 2.22. The topological polar surface area (TPSA) is 73.1 Å². The highest BCUT2D eigenvalue weighted by atomic mass is 32.1.